The van der Waals surface area contributed by atoms with E-state index in [4.69, 9.17) is 14.4 Å². The van der Waals surface area contributed by atoms with Gasteiger partial charge >= 0.3 is 47.6 Å². The number of alkyl halides is 17. The highest BCUT2D eigenvalue weighted by Crippen LogP contribution is 2.64. The number of amides is 1. The van der Waals surface area contributed by atoms with Gasteiger partial charge in [-0.15, -0.1) is 0 Å². The van der Waals surface area contributed by atoms with Crippen molar-refractivity contribution in [2.75, 3.05) is 13.2 Å². The Labute approximate surface area is 322 Å². The molecule has 0 spiro atoms. The molecular formula is C34H42F17NO5Si. The third kappa shape index (κ3) is 10.1. The molecule has 0 radical (unpaired) electrons. The Morgan fingerprint density at radius 2 is 1.12 bits per heavy atom. The molecule has 58 heavy (non-hydrogen) atoms. The average Bonchev–Trinajstić information content (AvgIpc) is 3.09. The lowest BCUT2D eigenvalue weighted by Gasteiger charge is -2.44. The van der Waals surface area contributed by atoms with E-state index in [1.54, 1.807) is 26.8 Å². The van der Waals surface area contributed by atoms with Crippen LogP contribution in [0.2, 0.25) is 17.1 Å². The van der Waals surface area contributed by atoms with Crippen molar-refractivity contribution in [2.24, 2.45) is 5.92 Å². The minimum absolute atomic E-state index is 0.152. The zero-order valence-corrected chi connectivity index (χ0v) is 32.6. The van der Waals surface area contributed by atoms with Gasteiger partial charge in [-0.2, -0.15) is 74.6 Å². The summed E-state index contributed by atoms with van der Waals surface area (Å²) in [6.07, 6.45) is -8.73. The molecule has 6 nitrogen and oxygen atoms in total. The molecule has 1 aromatic carbocycles. The van der Waals surface area contributed by atoms with E-state index in [9.17, 15) is 84.5 Å². The Bertz CT molecular complexity index is 1590. The second-order valence-corrected chi connectivity index (χ2v) is 19.2. The number of allylic oxidation sites excluding steroid dienone is 2. The van der Waals surface area contributed by atoms with Gasteiger partial charge in [0.1, 0.15) is 12.4 Å². The number of ether oxygens (including phenoxy) is 1. The fourth-order valence-electron chi connectivity index (χ4n) is 5.82. The maximum Gasteiger partial charge on any atom is 0.460 e. The van der Waals surface area contributed by atoms with E-state index < -0.39 is 104 Å². The molecule has 1 aromatic rings. The Morgan fingerprint density at radius 3 is 1.53 bits per heavy atom. The molecule has 0 fully saturated rings. The predicted octanol–water partition coefficient (Wildman–Crippen LogP) is 11.3. The molecule has 24 heteroatoms. The number of carbonyl (C=O) groups is 1. The van der Waals surface area contributed by atoms with E-state index in [2.05, 4.69) is 0 Å². The molecule has 0 heterocycles. The minimum Gasteiger partial charge on any atom is -0.491 e. The van der Waals surface area contributed by atoms with Crippen LogP contribution in [0.15, 0.2) is 47.6 Å². The second kappa shape index (κ2) is 18.2. The van der Waals surface area contributed by atoms with Crippen LogP contribution in [0.3, 0.4) is 0 Å². The summed E-state index contributed by atoms with van der Waals surface area (Å²) in [5.41, 5.74) is 1.23. The quantitative estimate of drug-likeness (QED) is 0.0218. The van der Waals surface area contributed by atoms with Crippen LogP contribution in [0, 0.1) is 5.92 Å². The monoisotopic (exact) mass is 895 g/mol. The van der Waals surface area contributed by atoms with Crippen molar-refractivity contribution < 1.29 is 98.9 Å². The summed E-state index contributed by atoms with van der Waals surface area (Å²) in [4.78, 5) is 11.3. The summed E-state index contributed by atoms with van der Waals surface area (Å²) in [5, 5.41) is 19.5. The molecule has 0 aliphatic rings. The molecule has 0 saturated heterocycles. The summed E-state index contributed by atoms with van der Waals surface area (Å²) < 4.78 is 246. The van der Waals surface area contributed by atoms with E-state index in [0.29, 0.717) is 16.7 Å². The van der Waals surface area contributed by atoms with Crippen molar-refractivity contribution >= 4 is 14.2 Å². The number of hydrogen-bond donors (Lipinski definition) is 3. The summed E-state index contributed by atoms with van der Waals surface area (Å²) in [5.74, 6) is -57.8. The van der Waals surface area contributed by atoms with Crippen molar-refractivity contribution in [3.8, 4) is 5.75 Å². The van der Waals surface area contributed by atoms with E-state index in [-0.39, 0.29) is 12.4 Å². The van der Waals surface area contributed by atoms with E-state index in [1.807, 2.05) is 0 Å². The molecule has 0 aliphatic heterocycles. The lowest BCUT2D eigenvalue weighted by molar-refractivity contribution is -0.461. The minimum atomic E-state index is -8.69. The number of aliphatic hydroxyl groups excluding tert-OH is 1. The maximum atomic E-state index is 14.9. The number of halogens is 17. The van der Waals surface area contributed by atoms with Gasteiger partial charge in [0.25, 0.3) is 5.91 Å². The fraction of sp³-hybridized carbons (Fsp3) is 0.676. The van der Waals surface area contributed by atoms with Gasteiger partial charge in [0, 0.05) is 18.4 Å². The lowest BCUT2D eigenvalue weighted by atomic mass is 9.88. The van der Waals surface area contributed by atoms with Gasteiger partial charge < -0.3 is 14.3 Å². The van der Waals surface area contributed by atoms with Gasteiger partial charge in [0.05, 0.1) is 12.7 Å². The lowest BCUT2D eigenvalue weighted by Crippen LogP contribution is -2.74. The Balaban J connectivity index is 3.23. The largest absolute Gasteiger partial charge is 0.491 e. The van der Waals surface area contributed by atoms with E-state index >= 15 is 0 Å². The Kier molecular flexibility index (Phi) is 16.6. The molecule has 0 unspecified atom stereocenters. The highest BCUT2D eigenvalue weighted by molar-refractivity contribution is 6.76. The normalized spacial score (nSPS) is 16.2. The highest BCUT2D eigenvalue weighted by Gasteiger charge is 2.95. The van der Waals surface area contributed by atoms with Crippen molar-refractivity contribution in [2.45, 2.75) is 126 Å². The van der Waals surface area contributed by atoms with Gasteiger partial charge in [-0.3, -0.25) is 10.0 Å². The molecule has 0 aliphatic carbocycles. The first-order chi connectivity index (χ1) is 25.9. The van der Waals surface area contributed by atoms with Crippen molar-refractivity contribution in [3.05, 3.63) is 53.1 Å². The maximum absolute atomic E-state index is 14.9. The van der Waals surface area contributed by atoms with Gasteiger partial charge in [-0.1, -0.05) is 58.4 Å². The smallest absolute Gasteiger partial charge is 0.460 e. The van der Waals surface area contributed by atoms with E-state index in [1.165, 1.54) is 57.4 Å². The molecule has 3 N–H and O–H groups in total. The number of hydrogen-bond acceptors (Lipinski definition) is 5. The van der Waals surface area contributed by atoms with Crippen LogP contribution in [0.4, 0.5) is 74.6 Å². The van der Waals surface area contributed by atoms with Crippen LogP contribution in [0.1, 0.15) is 66.6 Å². The molecule has 0 bridgehead atoms. The first-order valence-electron chi connectivity index (χ1n) is 16.9. The summed E-state index contributed by atoms with van der Waals surface area (Å²) in [7, 11) is -3.96. The zero-order chi connectivity index (χ0) is 45.9. The topological polar surface area (TPSA) is 88.0 Å². The van der Waals surface area contributed by atoms with Crippen molar-refractivity contribution in [3.63, 3.8) is 0 Å². The zero-order valence-electron chi connectivity index (χ0n) is 31.6. The van der Waals surface area contributed by atoms with Gasteiger partial charge in [0.2, 0.25) is 0 Å². The number of benzene rings is 1. The number of carbonyl (C=O) groups excluding carboxylic acids is 1. The average molecular weight is 896 g/mol. The fourth-order valence-corrected chi connectivity index (χ4v) is 10.3. The third-order valence-corrected chi connectivity index (χ3v) is 15.3. The van der Waals surface area contributed by atoms with Crippen LogP contribution in [0.25, 0.3) is 0 Å². The molecule has 0 aromatic heterocycles. The molecule has 1 amide bonds. The Hall–Kier alpha value is -3.12. The van der Waals surface area contributed by atoms with Crippen LogP contribution in [-0.2, 0) is 9.22 Å². The van der Waals surface area contributed by atoms with Crippen molar-refractivity contribution in [1.82, 2.24) is 5.48 Å². The van der Waals surface area contributed by atoms with Gasteiger partial charge in [-0.05, 0) is 54.2 Å². The molecule has 0 saturated carbocycles. The summed E-state index contributed by atoms with van der Waals surface area (Å²) in [6, 6.07) is 4.42. The summed E-state index contributed by atoms with van der Waals surface area (Å²) in [6.45, 7) is 9.34. The molecular weight excluding hydrogens is 853 g/mol. The molecule has 336 valence electrons. The van der Waals surface area contributed by atoms with Gasteiger partial charge in [-0.25, -0.2) is 5.48 Å². The Morgan fingerprint density at radius 1 is 0.690 bits per heavy atom. The first kappa shape index (κ1) is 52.9. The SMILES string of the molecule is CC(=C\C(=O)NO)/C=C(\C)[C@H](C)[C@@H](O)c1ccc(OCCO[Si](CCC(F)(F)C(F)(F)C(F)(F)C(F)(F)C(F)(F)C(F)(F)C(F)(F)C(F)(F)F)(C(C)C)C(C)C)cc1. The van der Waals surface area contributed by atoms with Crippen LogP contribution in [-0.4, -0.2) is 85.4 Å². The van der Waals surface area contributed by atoms with E-state index in [0.717, 1.165) is 6.08 Å². The predicted molar refractivity (Wildman–Crippen MR) is 176 cm³/mol. The van der Waals surface area contributed by atoms with Crippen LogP contribution >= 0.6 is 0 Å². The molecule has 2 atom stereocenters. The van der Waals surface area contributed by atoms with Crippen molar-refractivity contribution in [1.29, 1.82) is 0 Å². The molecule has 1 rings (SSSR count). The van der Waals surface area contributed by atoms with Crippen LogP contribution in [0.5, 0.6) is 5.75 Å². The number of rotatable bonds is 21. The number of nitrogens with one attached hydrogen (secondary N) is 1. The third-order valence-electron chi connectivity index (χ3n) is 9.63. The van der Waals surface area contributed by atoms with Gasteiger partial charge in [0.15, 0.2) is 8.32 Å². The second-order valence-electron chi connectivity index (χ2n) is 14.2. The summed E-state index contributed by atoms with van der Waals surface area (Å²) >= 11 is 0. The highest BCUT2D eigenvalue weighted by atomic mass is 28.4. The number of aliphatic hydroxyl groups is 1. The number of hydroxylamine groups is 1. The standard InChI is InChI=1S/C34H42F17NO5Si/c1-18(2)58(19(3)4,57-14-13-56-24-10-8-23(9-11-24)26(54)22(7)21(6)16-20(5)17-25(53)52-55)15-12-27(35,36)28(37,38)29(39,40)30(41,42)31(43,44)32(45,46)33(47,48)34(49,50)51/h8-11,16-19,22,26,54-55H,12-15H2,1-7H3,(H,52,53)/b20-17+,21-16+/t22-,26+/m0/s1. The first-order valence-corrected chi connectivity index (χ1v) is 19.2. The van der Waals surface area contributed by atoms with Crippen LogP contribution < -0.4 is 10.2 Å².